The molecule has 0 amide bonds. The second-order valence-corrected chi connectivity index (χ2v) is 7.94. The Balaban J connectivity index is 2.75. The van der Waals surface area contributed by atoms with Crippen LogP contribution in [0.15, 0.2) is 0 Å². The van der Waals surface area contributed by atoms with Crippen molar-refractivity contribution in [2.45, 2.75) is 50.9 Å². The Morgan fingerprint density at radius 2 is 1.89 bits per heavy atom. The molecule has 1 aliphatic carbocycles. The summed E-state index contributed by atoms with van der Waals surface area (Å²) in [5.41, 5.74) is 0. The number of hydrogen-bond acceptors (Lipinski definition) is 4. The highest BCUT2D eigenvalue weighted by Gasteiger charge is 2.36. The largest absolute Gasteiger partial charge is 0.373 e. The molecule has 0 radical (unpaired) electrons. The Hall–Kier alpha value is -0.420. The number of rotatable bonds is 5. The molecule has 1 aliphatic rings. The lowest BCUT2D eigenvalue weighted by molar-refractivity contribution is -0.136. The lowest BCUT2D eigenvalue weighted by Gasteiger charge is -2.30. The van der Waals surface area contributed by atoms with Crippen LogP contribution in [0.25, 0.3) is 0 Å². The number of Topliss-reactive ketones (excluding diaryl/α,β-unsaturated/α-hetero) is 1. The minimum absolute atomic E-state index is 0.0702. The molecule has 4 nitrogen and oxygen atoms in total. The number of carbonyl (C=O) groups is 1. The second kappa shape index (κ2) is 6.15. The van der Waals surface area contributed by atoms with Gasteiger partial charge in [0.2, 0.25) is 0 Å². The van der Waals surface area contributed by atoms with E-state index < -0.39 is 15.9 Å². The van der Waals surface area contributed by atoms with Crippen molar-refractivity contribution in [3.63, 3.8) is 0 Å². The molecule has 0 aromatic rings. The van der Waals surface area contributed by atoms with Crippen LogP contribution in [-0.2, 0) is 19.4 Å². The molecule has 0 spiro atoms. The Morgan fingerprint density at radius 1 is 1.28 bits per heavy atom. The average Bonchev–Trinajstić information content (AvgIpc) is 2.28. The van der Waals surface area contributed by atoms with Crippen molar-refractivity contribution in [2.75, 3.05) is 13.4 Å². The summed E-state index contributed by atoms with van der Waals surface area (Å²) in [6.07, 6.45) is 3.60. The number of ether oxygens (including phenoxy) is 1. The van der Waals surface area contributed by atoms with Gasteiger partial charge in [-0.3, -0.25) is 4.79 Å². The smallest absolute Gasteiger partial charge is 0.164 e. The molecule has 5 heteroatoms. The summed E-state index contributed by atoms with van der Waals surface area (Å²) < 4.78 is 28.4. The van der Waals surface area contributed by atoms with Gasteiger partial charge in [0.05, 0.1) is 5.25 Å². The third kappa shape index (κ3) is 3.79. The standard InChI is InChI=1S/C13H24O4S/c1-9(2)13(17-3)12(14)10-6-5-7-11(8-10)18(4,15)16/h9-11,13H,5-8H2,1-4H3. The van der Waals surface area contributed by atoms with Gasteiger partial charge >= 0.3 is 0 Å². The van der Waals surface area contributed by atoms with Crippen LogP contribution in [0.5, 0.6) is 0 Å². The Kier molecular flexibility index (Phi) is 5.34. The summed E-state index contributed by atoms with van der Waals surface area (Å²) in [4.78, 5) is 12.3. The summed E-state index contributed by atoms with van der Waals surface area (Å²) in [6.45, 7) is 3.89. The molecule has 1 rings (SSSR count). The fourth-order valence-electron chi connectivity index (χ4n) is 2.74. The molecule has 3 unspecified atom stereocenters. The molecule has 18 heavy (non-hydrogen) atoms. The van der Waals surface area contributed by atoms with E-state index >= 15 is 0 Å². The van der Waals surface area contributed by atoms with Crippen LogP contribution < -0.4 is 0 Å². The first-order chi connectivity index (χ1) is 8.27. The van der Waals surface area contributed by atoms with E-state index in [0.717, 1.165) is 12.8 Å². The van der Waals surface area contributed by atoms with Crippen LogP contribution in [0, 0.1) is 11.8 Å². The summed E-state index contributed by atoms with van der Waals surface area (Å²) in [6, 6.07) is 0. The maximum Gasteiger partial charge on any atom is 0.164 e. The minimum Gasteiger partial charge on any atom is -0.373 e. The zero-order chi connectivity index (χ0) is 13.9. The third-order valence-corrected chi connectivity index (χ3v) is 5.41. The summed E-state index contributed by atoms with van der Waals surface area (Å²) in [5, 5.41) is -0.357. The van der Waals surface area contributed by atoms with E-state index in [1.807, 2.05) is 13.8 Å². The first kappa shape index (κ1) is 15.6. The van der Waals surface area contributed by atoms with Crippen molar-refractivity contribution in [1.29, 1.82) is 0 Å². The monoisotopic (exact) mass is 276 g/mol. The van der Waals surface area contributed by atoms with Gasteiger partial charge in [-0.25, -0.2) is 8.42 Å². The quantitative estimate of drug-likeness (QED) is 0.768. The van der Waals surface area contributed by atoms with E-state index in [4.69, 9.17) is 4.74 Å². The fourth-order valence-corrected chi connectivity index (χ4v) is 3.92. The Morgan fingerprint density at radius 3 is 2.33 bits per heavy atom. The predicted octanol–water partition coefficient (Wildman–Crippen LogP) is 1.83. The number of ketones is 1. The summed E-state index contributed by atoms with van der Waals surface area (Å²) >= 11 is 0. The highest BCUT2D eigenvalue weighted by atomic mass is 32.2. The lowest BCUT2D eigenvalue weighted by Crippen LogP contribution is -2.38. The van der Waals surface area contributed by atoms with Gasteiger partial charge in [0, 0.05) is 19.3 Å². The maximum atomic E-state index is 12.3. The van der Waals surface area contributed by atoms with E-state index in [1.54, 1.807) is 7.11 Å². The fraction of sp³-hybridized carbons (Fsp3) is 0.923. The van der Waals surface area contributed by atoms with Gasteiger partial charge in [0.1, 0.15) is 15.9 Å². The second-order valence-electron chi connectivity index (χ2n) is 5.62. The van der Waals surface area contributed by atoms with Crippen LogP contribution in [-0.4, -0.2) is 38.9 Å². The van der Waals surface area contributed by atoms with Gasteiger partial charge in [0.25, 0.3) is 0 Å². The van der Waals surface area contributed by atoms with Crippen LogP contribution in [0.1, 0.15) is 39.5 Å². The highest BCUT2D eigenvalue weighted by Crippen LogP contribution is 2.31. The van der Waals surface area contributed by atoms with E-state index in [-0.39, 0.29) is 22.9 Å². The SMILES string of the molecule is COC(C(=O)C1CCCC(S(C)(=O)=O)C1)C(C)C. The number of hydrogen-bond donors (Lipinski definition) is 0. The molecular weight excluding hydrogens is 252 g/mol. The summed E-state index contributed by atoms with van der Waals surface area (Å²) in [5.74, 6) is 0.0350. The molecule has 1 fully saturated rings. The molecule has 0 N–H and O–H groups in total. The van der Waals surface area contributed by atoms with Gasteiger partial charge in [-0.1, -0.05) is 20.3 Å². The van der Waals surface area contributed by atoms with Crippen LogP contribution in [0.4, 0.5) is 0 Å². The molecule has 0 aromatic heterocycles. The van der Waals surface area contributed by atoms with Crippen molar-refractivity contribution in [3.05, 3.63) is 0 Å². The van der Waals surface area contributed by atoms with E-state index in [1.165, 1.54) is 6.26 Å². The van der Waals surface area contributed by atoms with Crippen molar-refractivity contribution in [3.8, 4) is 0 Å². The first-order valence-corrected chi connectivity index (χ1v) is 8.48. The summed E-state index contributed by atoms with van der Waals surface area (Å²) in [7, 11) is -1.50. The number of methoxy groups -OCH3 is 1. The lowest BCUT2D eigenvalue weighted by atomic mass is 9.82. The van der Waals surface area contributed by atoms with Gasteiger partial charge in [-0.15, -0.1) is 0 Å². The van der Waals surface area contributed by atoms with Crippen molar-refractivity contribution >= 4 is 15.6 Å². The van der Waals surface area contributed by atoms with Crippen molar-refractivity contribution in [1.82, 2.24) is 0 Å². The van der Waals surface area contributed by atoms with Crippen LogP contribution >= 0.6 is 0 Å². The van der Waals surface area contributed by atoms with Crippen molar-refractivity contribution in [2.24, 2.45) is 11.8 Å². The zero-order valence-electron chi connectivity index (χ0n) is 11.7. The van der Waals surface area contributed by atoms with E-state index in [2.05, 4.69) is 0 Å². The number of carbonyl (C=O) groups excluding carboxylic acids is 1. The van der Waals surface area contributed by atoms with Gasteiger partial charge < -0.3 is 4.74 Å². The van der Waals surface area contributed by atoms with E-state index in [9.17, 15) is 13.2 Å². The van der Waals surface area contributed by atoms with Crippen LogP contribution in [0.3, 0.4) is 0 Å². The van der Waals surface area contributed by atoms with Gasteiger partial charge in [-0.2, -0.15) is 0 Å². The molecule has 1 saturated carbocycles. The normalized spacial score (nSPS) is 27.2. The Labute approximate surface area is 110 Å². The molecule has 0 bridgehead atoms. The molecule has 0 aliphatic heterocycles. The van der Waals surface area contributed by atoms with Gasteiger partial charge in [0.15, 0.2) is 5.78 Å². The predicted molar refractivity (Wildman–Crippen MR) is 71.2 cm³/mol. The zero-order valence-corrected chi connectivity index (χ0v) is 12.5. The molecule has 3 atom stereocenters. The Bertz CT molecular complexity index is 386. The highest BCUT2D eigenvalue weighted by molar-refractivity contribution is 7.91. The number of sulfone groups is 1. The first-order valence-electron chi connectivity index (χ1n) is 6.52. The molecule has 0 aromatic carbocycles. The molecular formula is C13H24O4S. The average molecular weight is 276 g/mol. The minimum atomic E-state index is -3.04. The van der Waals surface area contributed by atoms with E-state index in [0.29, 0.717) is 12.8 Å². The van der Waals surface area contributed by atoms with Gasteiger partial charge in [-0.05, 0) is 25.2 Å². The topological polar surface area (TPSA) is 60.4 Å². The van der Waals surface area contributed by atoms with Crippen LogP contribution in [0.2, 0.25) is 0 Å². The molecule has 0 saturated heterocycles. The third-order valence-electron chi connectivity index (χ3n) is 3.77. The molecule has 0 heterocycles. The maximum absolute atomic E-state index is 12.3. The molecule has 106 valence electrons. The van der Waals surface area contributed by atoms with Crippen molar-refractivity contribution < 1.29 is 17.9 Å².